The number of aliphatic carboxylic acids is 1. The molecule has 1 aliphatic carbocycles. The van der Waals surface area contributed by atoms with Gasteiger partial charge in [0.05, 0.1) is 6.04 Å². The van der Waals surface area contributed by atoms with Gasteiger partial charge in [-0.1, -0.05) is 55.3 Å². The van der Waals surface area contributed by atoms with Gasteiger partial charge in [0.2, 0.25) is 11.8 Å². The molecule has 1 aromatic heterocycles. The summed E-state index contributed by atoms with van der Waals surface area (Å²) in [4.78, 5) is 59.0. The number of ether oxygens (including phenoxy) is 1. The standard InChI is InChI=1S/C35H49N7O6/c1-6-40(7-2)29-28(23-16-12-11-13-17-23)38-42(39-29)25-20-27-30(43)37-35(32(45)46)21-24(35)18-14-9-8-10-15-19-26(31(44)41(27)22-25)36-33(47)48-34(3,4)5/h11-14,16-18,24-27H,6-10,15,19-22H2,1-5H3,(H,36,47)(H,37,43)(H,45,46)/b18-14-/t24-,25+,26-,27+,35+/m1/s1. The summed E-state index contributed by atoms with van der Waals surface area (Å²) in [6, 6.07) is 7.33. The van der Waals surface area contributed by atoms with Crippen LogP contribution in [0.1, 0.15) is 85.6 Å². The van der Waals surface area contributed by atoms with Crippen molar-refractivity contribution in [3.8, 4) is 11.3 Å². The van der Waals surface area contributed by atoms with E-state index in [1.54, 1.807) is 25.6 Å². The minimum Gasteiger partial charge on any atom is -0.479 e. The Bertz CT molecular complexity index is 1510. The van der Waals surface area contributed by atoms with Crippen molar-refractivity contribution in [3.63, 3.8) is 0 Å². The zero-order valence-electron chi connectivity index (χ0n) is 28.6. The fourth-order valence-electron chi connectivity index (χ4n) is 6.69. The van der Waals surface area contributed by atoms with Gasteiger partial charge < -0.3 is 30.3 Å². The number of anilines is 1. The predicted octanol–water partition coefficient (Wildman–Crippen LogP) is 4.31. The molecule has 13 heteroatoms. The summed E-state index contributed by atoms with van der Waals surface area (Å²) in [7, 11) is 0. The lowest BCUT2D eigenvalue weighted by Gasteiger charge is -2.30. The van der Waals surface area contributed by atoms with Crippen molar-refractivity contribution in [3.05, 3.63) is 42.5 Å². The molecule has 1 aromatic carbocycles. The van der Waals surface area contributed by atoms with Crippen LogP contribution in [0.5, 0.6) is 0 Å². The van der Waals surface area contributed by atoms with Crippen LogP contribution in [0.3, 0.4) is 0 Å². The van der Waals surface area contributed by atoms with Crippen molar-refractivity contribution >= 4 is 29.7 Å². The molecule has 0 unspecified atom stereocenters. The van der Waals surface area contributed by atoms with Gasteiger partial charge in [0, 0.05) is 37.5 Å². The van der Waals surface area contributed by atoms with Crippen molar-refractivity contribution < 1.29 is 29.0 Å². The predicted molar refractivity (Wildman–Crippen MR) is 180 cm³/mol. The molecule has 3 amide bonds. The van der Waals surface area contributed by atoms with Gasteiger partial charge in [0.25, 0.3) is 0 Å². The summed E-state index contributed by atoms with van der Waals surface area (Å²) in [5.74, 6) is -1.70. The normalized spacial score (nSPS) is 27.1. The number of aromatic nitrogens is 3. The first kappa shape index (κ1) is 34.9. The second kappa shape index (κ2) is 14.4. The summed E-state index contributed by atoms with van der Waals surface area (Å²) in [6.45, 7) is 10.9. The van der Waals surface area contributed by atoms with Gasteiger partial charge in [-0.2, -0.15) is 9.90 Å². The molecule has 5 rings (SSSR count). The van der Waals surface area contributed by atoms with Crippen LogP contribution >= 0.6 is 0 Å². The summed E-state index contributed by atoms with van der Waals surface area (Å²) >= 11 is 0. The Hall–Kier alpha value is -4.42. The molecule has 0 spiro atoms. The number of carbonyl (C=O) groups excluding carboxylic acids is 3. The average molecular weight is 664 g/mol. The second-order valence-electron chi connectivity index (χ2n) is 14.0. The van der Waals surface area contributed by atoms with E-state index in [2.05, 4.69) is 15.5 Å². The number of carboxylic acids is 1. The van der Waals surface area contributed by atoms with Gasteiger partial charge in [-0.25, -0.2) is 9.59 Å². The van der Waals surface area contributed by atoms with Gasteiger partial charge in [-0.05, 0) is 60.3 Å². The monoisotopic (exact) mass is 663 g/mol. The molecule has 1 saturated heterocycles. The third kappa shape index (κ3) is 7.65. The quantitative estimate of drug-likeness (QED) is 0.367. The van der Waals surface area contributed by atoms with E-state index in [0.29, 0.717) is 37.4 Å². The third-order valence-corrected chi connectivity index (χ3v) is 9.38. The Morgan fingerprint density at radius 1 is 1.10 bits per heavy atom. The van der Waals surface area contributed by atoms with Gasteiger partial charge in [-0.3, -0.25) is 9.59 Å². The maximum Gasteiger partial charge on any atom is 0.408 e. The summed E-state index contributed by atoms with van der Waals surface area (Å²) in [5, 5.41) is 25.6. The van der Waals surface area contributed by atoms with Gasteiger partial charge in [0.15, 0.2) is 5.82 Å². The van der Waals surface area contributed by atoms with Crippen LogP contribution < -0.4 is 15.5 Å². The van der Waals surface area contributed by atoms with Crippen LogP contribution in [-0.2, 0) is 19.1 Å². The number of fused-ring (bicyclic) bond motifs is 2. The molecule has 13 nitrogen and oxygen atoms in total. The average Bonchev–Trinajstić information content (AvgIpc) is 3.34. The maximum absolute atomic E-state index is 14.4. The number of hydrogen-bond acceptors (Lipinski definition) is 8. The number of alkyl carbamates (subject to hydrolysis) is 1. The highest BCUT2D eigenvalue weighted by Gasteiger charge is 2.61. The highest BCUT2D eigenvalue weighted by molar-refractivity contribution is 5.96. The number of nitrogens with zero attached hydrogens (tertiary/aromatic N) is 5. The summed E-state index contributed by atoms with van der Waals surface area (Å²) in [6.07, 6.45) is 7.06. The maximum atomic E-state index is 14.4. The van der Waals surface area contributed by atoms with E-state index >= 15 is 0 Å². The molecule has 2 aromatic rings. The highest BCUT2D eigenvalue weighted by Crippen LogP contribution is 2.45. The number of amides is 3. The number of carboxylic acid groups (broad SMARTS) is 1. The Balaban J connectivity index is 1.51. The first-order valence-electron chi connectivity index (χ1n) is 17.2. The lowest BCUT2D eigenvalue weighted by Crippen LogP contribution is -2.56. The SMILES string of the molecule is CCN(CC)c1nn([C@H]2C[C@H]3C(=O)N[C@@]4(C(=O)O)C[C@H]4/C=C\CCCCC[C@@H](NC(=O)OC(C)(C)C)C(=O)N3C2)nc1-c1ccccc1. The minimum atomic E-state index is -1.42. The fraction of sp³-hybridized carbons (Fsp3) is 0.600. The van der Waals surface area contributed by atoms with Crippen LogP contribution in [0.25, 0.3) is 11.3 Å². The molecule has 3 N–H and O–H groups in total. The molecule has 0 radical (unpaired) electrons. The first-order chi connectivity index (χ1) is 22.9. The zero-order chi connectivity index (χ0) is 34.6. The molecule has 3 heterocycles. The van der Waals surface area contributed by atoms with Crippen LogP contribution in [0.2, 0.25) is 0 Å². The van der Waals surface area contributed by atoms with Crippen molar-refractivity contribution in [2.45, 2.75) is 109 Å². The molecule has 48 heavy (non-hydrogen) atoms. The van der Waals surface area contributed by atoms with Gasteiger partial charge in [0.1, 0.15) is 28.9 Å². The van der Waals surface area contributed by atoms with E-state index in [-0.39, 0.29) is 25.3 Å². The van der Waals surface area contributed by atoms with Crippen LogP contribution in [0.15, 0.2) is 42.5 Å². The lowest BCUT2D eigenvalue weighted by molar-refractivity contribution is -0.145. The van der Waals surface area contributed by atoms with E-state index in [0.717, 1.165) is 24.8 Å². The van der Waals surface area contributed by atoms with E-state index in [4.69, 9.17) is 14.9 Å². The van der Waals surface area contributed by atoms with Crippen molar-refractivity contribution in [1.29, 1.82) is 0 Å². The van der Waals surface area contributed by atoms with E-state index in [1.807, 2.05) is 56.3 Å². The molecular weight excluding hydrogens is 614 g/mol. The van der Waals surface area contributed by atoms with Crippen LogP contribution in [0.4, 0.5) is 10.6 Å². The largest absolute Gasteiger partial charge is 0.479 e. The number of benzene rings is 1. The highest BCUT2D eigenvalue weighted by atomic mass is 16.6. The van der Waals surface area contributed by atoms with Gasteiger partial charge in [-0.15, -0.1) is 5.10 Å². The molecule has 3 aliphatic rings. The fourth-order valence-corrected chi connectivity index (χ4v) is 6.69. The van der Waals surface area contributed by atoms with Crippen molar-refractivity contribution in [2.24, 2.45) is 5.92 Å². The molecule has 0 bridgehead atoms. The topological polar surface area (TPSA) is 159 Å². The molecule has 1 saturated carbocycles. The zero-order valence-corrected chi connectivity index (χ0v) is 28.6. The molecular formula is C35H49N7O6. The van der Waals surface area contributed by atoms with Crippen LogP contribution in [-0.4, -0.2) is 91.7 Å². The van der Waals surface area contributed by atoms with Crippen molar-refractivity contribution in [1.82, 2.24) is 30.5 Å². The van der Waals surface area contributed by atoms with E-state index in [9.17, 15) is 24.3 Å². The Morgan fingerprint density at radius 2 is 1.83 bits per heavy atom. The molecule has 2 fully saturated rings. The third-order valence-electron chi connectivity index (χ3n) is 9.38. The summed E-state index contributed by atoms with van der Waals surface area (Å²) < 4.78 is 5.49. The Kier molecular flexibility index (Phi) is 10.4. The molecule has 260 valence electrons. The smallest absolute Gasteiger partial charge is 0.408 e. The number of allylic oxidation sites excluding steroid dienone is 1. The number of carbonyl (C=O) groups is 4. The lowest BCUT2D eigenvalue weighted by atomic mass is 10.0. The number of hydrogen-bond donors (Lipinski definition) is 3. The van der Waals surface area contributed by atoms with Crippen molar-refractivity contribution in [2.75, 3.05) is 24.5 Å². The van der Waals surface area contributed by atoms with Crippen LogP contribution in [0, 0.1) is 5.92 Å². The van der Waals surface area contributed by atoms with E-state index < -0.39 is 53.1 Å². The molecule has 5 atom stereocenters. The molecule has 2 aliphatic heterocycles. The summed E-state index contributed by atoms with van der Waals surface area (Å²) in [5.41, 5.74) is -0.599. The minimum absolute atomic E-state index is 0.105. The number of nitrogens with one attached hydrogen (secondary N) is 2. The Labute approximate surface area is 282 Å². The Morgan fingerprint density at radius 3 is 2.50 bits per heavy atom. The number of rotatable bonds is 7. The second-order valence-corrected chi connectivity index (χ2v) is 14.0. The first-order valence-corrected chi connectivity index (χ1v) is 17.2. The van der Waals surface area contributed by atoms with E-state index in [1.165, 1.54) is 4.90 Å². The van der Waals surface area contributed by atoms with Gasteiger partial charge >= 0.3 is 12.1 Å².